The Morgan fingerprint density at radius 2 is 1.81 bits per heavy atom. The molecule has 5 heteroatoms. The molecule has 0 radical (unpaired) electrons. The number of carbonyl (C=O) groups excluding carboxylic acids is 2. The van der Waals surface area contributed by atoms with E-state index in [9.17, 15) is 19.7 Å². The van der Waals surface area contributed by atoms with Crippen LogP contribution in [0.15, 0.2) is 24.3 Å². The molecule has 0 aliphatic rings. The molecule has 0 amide bonds. The molecule has 0 spiro atoms. The molecule has 84 valence electrons. The van der Waals surface area contributed by atoms with Gasteiger partial charge in [0.1, 0.15) is 17.5 Å². The fourth-order valence-electron chi connectivity index (χ4n) is 1.57. The van der Waals surface area contributed by atoms with E-state index in [0.29, 0.717) is 5.56 Å². The van der Waals surface area contributed by atoms with Gasteiger partial charge in [-0.25, -0.2) is 0 Å². The Balaban J connectivity index is 3.20. The zero-order chi connectivity index (χ0) is 12.3. The number of hydrogen-bond acceptors (Lipinski definition) is 4. The smallest absolute Gasteiger partial charge is 0.269 e. The number of Topliss-reactive ketones (excluding diaryl/α,β-unsaturated/α-hetero) is 2. The minimum atomic E-state index is -0.903. The molecule has 0 aliphatic heterocycles. The normalized spacial score (nSPS) is 10.2. The maximum absolute atomic E-state index is 11.3. The molecular formula is C11H11NO4. The summed E-state index contributed by atoms with van der Waals surface area (Å²) in [4.78, 5) is 32.5. The molecule has 16 heavy (non-hydrogen) atoms. The van der Waals surface area contributed by atoms with Crippen LogP contribution in [0.25, 0.3) is 0 Å². The van der Waals surface area contributed by atoms with Gasteiger partial charge in [-0.1, -0.05) is 12.1 Å². The second-order valence-electron chi connectivity index (χ2n) is 3.51. The van der Waals surface area contributed by atoms with Crippen molar-refractivity contribution in [1.29, 1.82) is 0 Å². The van der Waals surface area contributed by atoms with Gasteiger partial charge in [0, 0.05) is 12.1 Å². The lowest BCUT2D eigenvalue weighted by Crippen LogP contribution is -2.17. The predicted octanol–water partition coefficient (Wildman–Crippen LogP) is 1.86. The lowest BCUT2D eigenvalue weighted by molar-refractivity contribution is -0.384. The summed E-state index contributed by atoms with van der Waals surface area (Å²) < 4.78 is 0. The van der Waals surface area contributed by atoms with Crippen molar-refractivity contribution < 1.29 is 14.5 Å². The van der Waals surface area contributed by atoms with E-state index in [2.05, 4.69) is 0 Å². The van der Waals surface area contributed by atoms with Gasteiger partial charge in [-0.2, -0.15) is 0 Å². The molecular weight excluding hydrogens is 210 g/mol. The van der Waals surface area contributed by atoms with E-state index in [1.165, 1.54) is 32.0 Å². The lowest BCUT2D eigenvalue weighted by atomic mass is 9.92. The van der Waals surface area contributed by atoms with Crippen LogP contribution in [-0.4, -0.2) is 16.5 Å². The summed E-state index contributed by atoms with van der Waals surface area (Å²) >= 11 is 0. The van der Waals surface area contributed by atoms with Crippen molar-refractivity contribution in [3.05, 3.63) is 39.9 Å². The van der Waals surface area contributed by atoms with Crippen LogP contribution in [0.5, 0.6) is 0 Å². The molecule has 0 saturated carbocycles. The van der Waals surface area contributed by atoms with Gasteiger partial charge in [-0.05, 0) is 19.4 Å². The van der Waals surface area contributed by atoms with Crippen LogP contribution in [0.2, 0.25) is 0 Å². The van der Waals surface area contributed by atoms with Crippen LogP contribution < -0.4 is 0 Å². The molecule has 1 rings (SSSR count). The molecule has 0 atom stereocenters. The third-order valence-electron chi connectivity index (χ3n) is 2.23. The van der Waals surface area contributed by atoms with Crippen molar-refractivity contribution in [1.82, 2.24) is 0 Å². The highest BCUT2D eigenvalue weighted by Gasteiger charge is 2.23. The highest BCUT2D eigenvalue weighted by Crippen LogP contribution is 2.22. The highest BCUT2D eigenvalue weighted by atomic mass is 16.6. The first-order valence-corrected chi connectivity index (χ1v) is 4.68. The van der Waals surface area contributed by atoms with Gasteiger partial charge in [0.15, 0.2) is 0 Å². The number of nitrogens with zero attached hydrogens (tertiary/aromatic N) is 1. The lowest BCUT2D eigenvalue weighted by Gasteiger charge is -2.09. The monoisotopic (exact) mass is 221 g/mol. The van der Waals surface area contributed by atoms with Gasteiger partial charge in [0.25, 0.3) is 5.69 Å². The number of ketones is 2. The van der Waals surface area contributed by atoms with Crippen LogP contribution in [0, 0.1) is 10.1 Å². The summed E-state index contributed by atoms with van der Waals surface area (Å²) in [6, 6.07) is 5.58. The zero-order valence-electron chi connectivity index (χ0n) is 8.97. The Morgan fingerprint density at radius 1 is 1.25 bits per heavy atom. The average Bonchev–Trinajstić information content (AvgIpc) is 2.16. The predicted molar refractivity (Wildman–Crippen MR) is 57.2 cm³/mol. The van der Waals surface area contributed by atoms with Crippen LogP contribution in [0.4, 0.5) is 5.69 Å². The zero-order valence-corrected chi connectivity index (χ0v) is 8.97. The van der Waals surface area contributed by atoms with Gasteiger partial charge in [-0.3, -0.25) is 19.7 Å². The molecule has 5 nitrogen and oxygen atoms in total. The Kier molecular flexibility index (Phi) is 3.50. The summed E-state index contributed by atoms with van der Waals surface area (Å²) in [7, 11) is 0. The summed E-state index contributed by atoms with van der Waals surface area (Å²) in [5, 5.41) is 10.6. The Bertz CT molecular complexity index is 439. The number of nitro groups is 1. The summed E-state index contributed by atoms with van der Waals surface area (Å²) in [6.45, 7) is 2.59. The standard InChI is InChI=1S/C11H11NO4/c1-7(13)11(8(2)14)9-4-3-5-10(6-9)12(15)16/h3-6,11H,1-2H3. The van der Waals surface area contributed by atoms with Crippen molar-refractivity contribution >= 4 is 17.3 Å². The topological polar surface area (TPSA) is 77.3 Å². The number of benzene rings is 1. The van der Waals surface area contributed by atoms with Crippen LogP contribution >= 0.6 is 0 Å². The minimum absolute atomic E-state index is 0.120. The van der Waals surface area contributed by atoms with Gasteiger partial charge in [0.05, 0.1) is 4.92 Å². The van der Waals surface area contributed by atoms with E-state index < -0.39 is 10.8 Å². The van der Waals surface area contributed by atoms with E-state index in [0.717, 1.165) is 0 Å². The molecule has 0 aromatic heterocycles. The minimum Gasteiger partial charge on any atom is -0.299 e. The fraction of sp³-hybridized carbons (Fsp3) is 0.273. The molecule has 1 aromatic carbocycles. The molecule has 0 heterocycles. The fourth-order valence-corrected chi connectivity index (χ4v) is 1.57. The SMILES string of the molecule is CC(=O)C(C(C)=O)c1cccc([N+](=O)[O-])c1. The third kappa shape index (κ3) is 2.50. The maximum atomic E-state index is 11.3. The van der Waals surface area contributed by atoms with Gasteiger partial charge >= 0.3 is 0 Å². The van der Waals surface area contributed by atoms with Gasteiger partial charge in [-0.15, -0.1) is 0 Å². The number of carbonyl (C=O) groups is 2. The first kappa shape index (κ1) is 12.0. The van der Waals surface area contributed by atoms with Crippen molar-refractivity contribution in [2.45, 2.75) is 19.8 Å². The molecule has 0 bridgehead atoms. The summed E-state index contributed by atoms with van der Waals surface area (Å²) in [5.74, 6) is -1.53. The van der Waals surface area contributed by atoms with E-state index in [1.54, 1.807) is 6.07 Å². The van der Waals surface area contributed by atoms with Crippen molar-refractivity contribution in [2.75, 3.05) is 0 Å². The second-order valence-corrected chi connectivity index (χ2v) is 3.51. The third-order valence-corrected chi connectivity index (χ3v) is 2.23. The van der Waals surface area contributed by atoms with E-state index in [4.69, 9.17) is 0 Å². The van der Waals surface area contributed by atoms with Gasteiger partial charge in [0.2, 0.25) is 0 Å². The van der Waals surface area contributed by atoms with Crippen LogP contribution in [-0.2, 0) is 9.59 Å². The first-order valence-electron chi connectivity index (χ1n) is 4.68. The summed E-state index contributed by atoms with van der Waals surface area (Å²) in [5.41, 5.74) is 0.249. The van der Waals surface area contributed by atoms with Crippen LogP contribution in [0.1, 0.15) is 25.3 Å². The molecule has 0 fully saturated rings. The van der Waals surface area contributed by atoms with E-state index in [-0.39, 0.29) is 17.3 Å². The van der Waals surface area contributed by atoms with E-state index >= 15 is 0 Å². The second kappa shape index (κ2) is 4.65. The maximum Gasteiger partial charge on any atom is 0.269 e. The summed E-state index contributed by atoms with van der Waals surface area (Å²) in [6.07, 6.45) is 0. The Labute approximate surface area is 92.2 Å². The largest absolute Gasteiger partial charge is 0.299 e. The molecule has 0 N–H and O–H groups in total. The Hall–Kier alpha value is -2.04. The highest BCUT2D eigenvalue weighted by molar-refractivity contribution is 6.05. The van der Waals surface area contributed by atoms with Crippen molar-refractivity contribution in [2.24, 2.45) is 0 Å². The number of hydrogen-bond donors (Lipinski definition) is 0. The van der Waals surface area contributed by atoms with E-state index in [1.807, 2.05) is 0 Å². The number of nitro benzene ring substituents is 1. The molecule has 0 saturated heterocycles. The quantitative estimate of drug-likeness (QED) is 0.441. The molecule has 1 aromatic rings. The van der Waals surface area contributed by atoms with Crippen LogP contribution in [0.3, 0.4) is 0 Å². The molecule has 0 aliphatic carbocycles. The van der Waals surface area contributed by atoms with Gasteiger partial charge < -0.3 is 0 Å². The molecule has 0 unspecified atom stereocenters. The van der Waals surface area contributed by atoms with Crippen molar-refractivity contribution in [3.8, 4) is 0 Å². The van der Waals surface area contributed by atoms with Crippen molar-refractivity contribution in [3.63, 3.8) is 0 Å². The average molecular weight is 221 g/mol. The Morgan fingerprint density at radius 3 is 2.25 bits per heavy atom. The first-order chi connectivity index (χ1) is 7.43. The number of non-ortho nitro benzene ring substituents is 1. The number of rotatable bonds is 4.